The quantitative estimate of drug-likeness (QED) is 0.465. The molecule has 0 aromatic heterocycles. The molecule has 3 aromatic rings. The Hall–Kier alpha value is -2.05. The zero-order valence-corrected chi connectivity index (χ0v) is 16.8. The average Bonchev–Trinajstić information content (AvgIpc) is 2.66. The van der Waals surface area contributed by atoms with Crippen LogP contribution in [0.25, 0.3) is 0 Å². The molecule has 0 bridgehead atoms. The first-order valence-electron chi connectivity index (χ1n) is 8.75. The van der Waals surface area contributed by atoms with Gasteiger partial charge in [0.2, 0.25) is 0 Å². The first kappa shape index (κ1) is 22.0. The van der Waals surface area contributed by atoms with E-state index in [0.29, 0.717) is 0 Å². The second-order valence-electron chi connectivity index (χ2n) is 5.87. The molecule has 0 fully saturated rings. The monoisotopic (exact) mass is 372 g/mol. The van der Waals surface area contributed by atoms with E-state index < -0.39 is 0 Å². The summed E-state index contributed by atoms with van der Waals surface area (Å²) in [5.74, 6) is -0.331. The zero-order chi connectivity index (χ0) is 19.4. The number of hydrogen-bond acceptors (Lipinski definition) is 0. The number of hydrogen-bond donors (Lipinski definition) is 0. The molecule has 0 aliphatic heterocycles. The summed E-state index contributed by atoms with van der Waals surface area (Å²) in [6, 6.07) is 21.5. The van der Waals surface area contributed by atoms with E-state index in [1.54, 1.807) is 24.3 Å². The maximum atomic E-state index is 12.2. The average molecular weight is 372 g/mol. The maximum Gasteiger partial charge on any atom is 0.123 e. The van der Waals surface area contributed by atoms with Gasteiger partial charge in [0, 0.05) is 0 Å². The number of benzene rings is 3. The Morgan fingerprint density at radius 1 is 0.615 bits per heavy atom. The van der Waals surface area contributed by atoms with E-state index in [9.17, 15) is 8.78 Å². The molecule has 0 N–H and O–H groups in total. The molecule has 3 heteroatoms. The van der Waals surface area contributed by atoms with Crippen LogP contribution in [0.4, 0.5) is 8.78 Å². The number of halogens is 2. The second-order valence-corrected chi connectivity index (χ2v) is 6.54. The third kappa shape index (κ3) is 9.44. The van der Waals surface area contributed by atoms with Gasteiger partial charge in [-0.3, -0.25) is 0 Å². The molecule has 0 heterocycles. The van der Waals surface area contributed by atoms with Crippen LogP contribution in [0.1, 0.15) is 30.5 Å². The van der Waals surface area contributed by atoms with E-state index in [1.165, 1.54) is 40.7 Å². The first-order chi connectivity index (χ1) is 12.4. The third-order valence-corrected chi connectivity index (χ3v) is 4.11. The Balaban J connectivity index is 0.000000195. The van der Waals surface area contributed by atoms with Gasteiger partial charge in [-0.1, -0.05) is 67.9 Å². The normalized spacial score (nSPS) is 9.46. The second kappa shape index (κ2) is 12.3. The maximum absolute atomic E-state index is 12.2. The molecular weight excluding hydrogens is 345 g/mol. The van der Waals surface area contributed by atoms with Gasteiger partial charge in [-0.15, -0.1) is 9.24 Å². The lowest BCUT2D eigenvalue weighted by Crippen LogP contribution is -1.88. The highest BCUT2D eigenvalue weighted by atomic mass is 31.0. The molecule has 0 aliphatic carbocycles. The Bertz CT molecular complexity index is 666. The van der Waals surface area contributed by atoms with Crippen molar-refractivity contribution in [3.8, 4) is 0 Å². The Morgan fingerprint density at radius 2 is 0.962 bits per heavy atom. The van der Waals surface area contributed by atoms with E-state index in [4.69, 9.17) is 0 Å². The smallest absolute Gasteiger partial charge is 0.123 e. The van der Waals surface area contributed by atoms with Crippen molar-refractivity contribution in [1.82, 2.24) is 0 Å². The summed E-state index contributed by atoms with van der Waals surface area (Å²) >= 11 is 0. The molecule has 138 valence electrons. The van der Waals surface area contributed by atoms with E-state index >= 15 is 0 Å². The van der Waals surface area contributed by atoms with Gasteiger partial charge in [-0.2, -0.15) is 0 Å². The summed E-state index contributed by atoms with van der Waals surface area (Å²) < 4.78 is 24.3. The minimum Gasteiger partial charge on any atom is -0.207 e. The van der Waals surface area contributed by atoms with E-state index in [0.717, 1.165) is 18.4 Å². The molecule has 0 nitrogen and oxygen atoms in total. The van der Waals surface area contributed by atoms with Gasteiger partial charge in [-0.05, 0) is 60.5 Å². The van der Waals surface area contributed by atoms with Crippen LogP contribution >= 0.6 is 9.24 Å². The fourth-order valence-electron chi connectivity index (χ4n) is 2.01. The molecule has 0 amide bonds. The van der Waals surface area contributed by atoms with Crippen molar-refractivity contribution < 1.29 is 8.78 Å². The first-order valence-corrected chi connectivity index (χ1v) is 9.33. The standard InChI is InChI=1S/C8H9F.C8H11P.C7H7F/c2*1-2-7-3-5-8(9)6-4-7;1-6-2-4-7(8)5-3-6/h3-6H,2H2,1H3;3-6H,2,9H2,1H3;2-5H,1H3. The summed E-state index contributed by atoms with van der Waals surface area (Å²) in [6.45, 7) is 6.14. The van der Waals surface area contributed by atoms with Crippen LogP contribution in [0.15, 0.2) is 72.8 Å². The molecule has 26 heavy (non-hydrogen) atoms. The zero-order valence-electron chi connectivity index (χ0n) is 15.7. The number of rotatable bonds is 2. The van der Waals surface area contributed by atoms with Crippen LogP contribution in [0.5, 0.6) is 0 Å². The van der Waals surface area contributed by atoms with Crippen LogP contribution in [0.3, 0.4) is 0 Å². The van der Waals surface area contributed by atoms with E-state index in [-0.39, 0.29) is 11.6 Å². The van der Waals surface area contributed by atoms with Crippen LogP contribution in [0, 0.1) is 18.6 Å². The summed E-state index contributed by atoms with van der Waals surface area (Å²) in [4.78, 5) is 0. The summed E-state index contributed by atoms with van der Waals surface area (Å²) in [6.07, 6.45) is 2.10. The van der Waals surface area contributed by atoms with Crippen molar-refractivity contribution in [2.75, 3.05) is 0 Å². The Morgan fingerprint density at radius 3 is 1.31 bits per heavy atom. The fourth-order valence-corrected chi connectivity index (χ4v) is 2.20. The fraction of sp³-hybridized carbons (Fsp3) is 0.217. The highest BCUT2D eigenvalue weighted by molar-refractivity contribution is 7.27. The number of aryl methyl sites for hydroxylation is 3. The van der Waals surface area contributed by atoms with Crippen molar-refractivity contribution in [3.63, 3.8) is 0 Å². The lowest BCUT2D eigenvalue weighted by molar-refractivity contribution is 0.627. The van der Waals surface area contributed by atoms with Crippen molar-refractivity contribution in [1.29, 1.82) is 0 Å². The van der Waals surface area contributed by atoms with Crippen LogP contribution < -0.4 is 5.30 Å². The summed E-state index contributed by atoms with van der Waals surface area (Å²) in [7, 11) is 2.67. The Kier molecular flexibility index (Phi) is 10.4. The largest absolute Gasteiger partial charge is 0.207 e. The third-order valence-electron chi connectivity index (χ3n) is 3.72. The molecular formula is C23H27F2P. The van der Waals surface area contributed by atoms with Crippen LogP contribution in [-0.2, 0) is 12.8 Å². The van der Waals surface area contributed by atoms with Crippen LogP contribution in [-0.4, -0.2) is 0 Å². The van der Waals surface area contributed by atoms with Gasteiger partial charge < -0.3 is 0 Å². The molecule has 3 aromatic carbocycles. The van der Waals surface area contributed by atoms with Gasteiger partial charge in [-0.25, -0.2) is 8.78 Å². The minimum absolute atomic E-state index is 0.160. The molecule has 0 aliphatic rings. The van der Waals surface area contributed by atoms with E-state index in [1.807, 2.05) is 13.8 Å². The summed E-state index contributed by atoms with van der Waals surface area (Å²) in [5, 5.41) is 1.26. The molecule has 1 atom stereocenters. The van der Waals surface area contributed by atoms with E-state index in [2.05, 4.69) is 40.4 Å². The van der Waals surface area contributed by atoms with Gasteiger partial charge >= 0.3 is 0 Å². The predicted octanol–water partition coefficient (Wildman–Crippen LogP) is 6.27. The van der Waals surface area contributed by atoms with Gasteiger partial charge in [0.25, 0.3) is 0 Å². The molecule has 3 rings (SSSR count). The molecule has 0 saturated heterocycles. The highest BCUT2D eigenvalue weighted by Crippen LogP contribution is 2.02. The van der Waals surface area contributed by atoms with Crippen molar-refractivity contribution in [2.24, 2.45) is 0 Å². The van der Waals surface area contributed by atoms with Crippen molar-refractivity contribution >= 4 is 14.5 Å². The lowest BCUT2D eigenvalue weighted by atomic mass is 10.2. The molecule has 0 radical (unpaired) electrons. The molecule has 0 saturated carbocycles. The SMILES string of the molecule is CCc1ccc(F)cc1.CCc1ccc(P)cc1.Cc1ccc(F)cc1. The van der Waals surface area contributed by atoms with Crippen molar-refractivity contribution in [3.05, 3.63) is 101 Å². The molecule has 1 unspecified atom stereocenters. The lowest BCUT2D eigenvalue weighted by Gasteiger charge is -1.94. The topological polar surface area (TPSA) is 0 Å². The van der Waals surface area contributed by atoms with Crippen LogP contribution in [0.2, 0.25) is 0 Å². The highest BCUT2D eigenvalue weighted by Gasteiger charge is 1.88. The van der Waals surface area contributed by atoms with Crippen molar-refractivity contribution in [2.45, 2.75) is 33.6 Å². The van der Waals surface area contributed by atoms with Gasteiger partial charge in [0.15, 0.2) is 0 Å². The minimum atomic E-state index is -0.171. The Labute approximate surface area is 158 Å². The molecule has 0 spiro atoms. The van der Waals surface area contributed by atoms with Gasteiger partial charge in [0.1, 0.15) is 11.6 Å². The summed E-state index contributed by atoms with van der Waals surface area (Å²) in [5.41, 5.74) is 3.67. The van der Waals surface area contributed by atoms with Gasteiger partial charge in [0.05, 0.1) is 0 Å². The predicted molar refractivity (Wildman–Crippen MR) is 112 cm³/mol.